The van der Waals surface area contributed by atoms with Crippen molar-refractivity contribution in [1.29, 1.82) is 5.26 Å². The fraction of sp³-hybridized carbons (Fsp3) is 0. The molecular weight excluding hydrogens is 290 g/mol. The molecule has 0 aliphatic heterocycles. The smallest absolute Gasteiger partial charge is 0.270 e. The average Bonchev–Trinajstić information content (AvgIpc) is 2.93. The molecule has 1 aromatic heterocycles. The normalized spacial score (nSPS) is 10.9. The molecule has 0 radical (unpaired) electrons. The average molecular weight is 299 g/mol. The van der Waals surface area contributed by atoms with E-state index in [0.29, 0.717) is 17.1 Å². The van der Waals surface area contributed by atoms with Gasteiger partial charge in [-0.1, -0.05) is 24.4 Å². The van der Waals surface area contributed by atoms with E-state index in [1.165, 1.54) is 18.2 Å². The molecule has 0 unspecified atom stereocenters. The molecule has 0 saturated heterocycles. The van der Waals surface area contributed by atoms with E-state index >= 15 is 0 Å². The summed E-state index contributed by atoms with van der Waals surface area (Å²) >= 11 is 4.73. The van der Waals surface area contributed by atoms with E-state index in [0.717, 1.165) is 0 Å². The summed E-state index contributed by atoms with van der Waals surface area (Å²) in [5.74, 6) is 0.839. The lowest BCUT2D eigenvalue weighted by molar-refractivity contribution is -0.384. The second kappa shape index (κ2) is 5.98. The summed E-state index contributed by atoms with van der Waals surface area (Å²) in [5.41, 5.74) is 6.06. The molecule has 2 aromatic rings. The molecule has 0 bridgehead atoms. The number of non-ortho nitro benzene ring substituents is 1. The first kappa shape index (κ1) is 14.4. The highest BCUT2D eigenvalue weighted by Gasteiger charge is 2.10. The largest absolute Gasteiger partial charge is 0.457 e. The van der Waals surface area contributed by atoms with Gasteiger partial charge >= 0.3 is 0 Å². The SMILES string of the molecule is N#C/C(=C/c1ccc(-c2cccc([N+](=O)[O-])c2)o1)C(N)=S. The third-order valence-electron chi connectivity index (χ3n) is 2.64. The number of nitro groups is 1. The predicted molar refractivity (Wildman–Crippen MR) is 81.2 cm³/mol. The van der Waals surface area contributed by atoms with E-state index in [9.17, 15) is 10.1 Å². The van der Waals surface area contributed by atoms with Crippen LogP contribution in [-0.4, -0.2) is 9.91 Å². The lowest BCUT2D eigenvalue weighted by atomic mass is 10.1. The molecular formula is C14H9N3O3S. The Morgan fingerprint density at radius 1 is 1.43 bits per heavy atom. The number of hydrogen-bond donors (Lipinski definition) is 1. The molecule has 0 amide bonds. The van der Waals surface area contributed by atoms with Crippen LogP contribution in [0.1, 0.15) is 5.76 Å². The maximum absolute atomic E-state index is 10.8. The van der Waals surface area contributed by atoms with Crippen LogP contribution in [0.4, 0.5) is 5.69 Å². The minimum Gasteiger partial charge on any atom is -0.457 e. The van der Waals surface area contributed by atoms with Gasteiger partial charge in [0, 0.05) is 23.8 Å². The molecule has 0 aliphatic carbocycles. The highest BCUT2D eigenvalue weighted by molar-refractivity contribution is 7.80. The Hall–Kier alpha value is -2.98. The van der Waals surface area contributed by atoms with E-state index in [4.69, 9.17) is 27.6 Å². The maximum atomic E-state index is 10.8. The number of thiocarbonyl (C=S) groups is 1. The Kier molecular flexibility index (Phi) is 4.11. The summed E-state index contributed by atoms with van der Waals surface area (Å²) < 4.78 is 5.52. The Balaban J connectivity index is 2.37. The first-order chi connectivity index (χ1) is 10.0. The highest BCUT2D eigenvalue weighted by Crippen LogP contribution is 2.26. The number of hydrogen-bond acceptors (Lipinski definition) is 5. The fourth-order valence-electron chi connectivity index (χ4n) is 1.66. The van der Waals surface area contributed by atoms with Crippen LogP contribution in [0.3, 0.4) is 0 Å². The quantitative estimate of drug-likeness (QED) is 0.306. The lowest BCUT2D eigenvalue weighted by Gasteiger charge is -1.97. The van der Waals surface area contributed by atoms with Crippen molar-refractivity contribution >= 4 is 29.0 Å². The van der Waals surface area contributed by atoms with Gasteiger partial charge < -0.3 is 10.2 Å². The van der Waals surface area contributed by atoms with Crippen molar-refractivity contribution < 1.29 is 9.34 Å². The van der Waals surface area contributed by atoms with Crippen molar-refractivity contribution in [3.63, 3.8) is 0 Å². The second-order valence-electron chi connectivity index (χ2n) is 4.04. The summed E-state index contributed by atoms with van der Waals surface area (Å²) in [7, 11) is 0. The van der Waals surface area contributed by atoms with Gasteiger partial charge in [0.15, 0.2) is 0 Å². The van der Waals surface area contributed by atoms with E-state index in [2.05, 4.69) is 0 Å². The number of nitro benzene ring substituents is 1. The van der Waals surface area contributed by atoms with E-state index in [1.54, 1.807) is 24.3 Å². The highest BCUT2D eigenvalue weighted by atomic mass is 32.1. The Morgan fingerprint density at radius 2 is 2.19 bits per heavy atom. The monoisotopic (exact) mass is 299 g/mol. The number of furan rings is 1. The van der Waals surface area contributed by atoms with Gasteiger partial charge in [-0.25, -0.2) is 0 Å². The zero-order valence-electron chi connectivity index (χ0n) is 10.6. The molecule has 1 heterocycles. The van der Waals surface area contributed by atoms with Gasteiger partial charge in [-0.05, 0) is 12.1 Å². The first-order valence-electron chi connectivity index (χ1n) is 5.77. The molecule has 21 heavy (non-hydrogen) atoms. The fourth-order valence-corrected chi connectivity index (χ4v) is 1.76. The third-order valence-corrected chi connectivity index (χ3v) is 2.86. The maximum Gasteiger partial charge on any atom is 0.270 e. The van der Waals surface area contributed by atoms with Crippen molar-refractivity contribution in [2.45, 2.75) is 0 Å². The minimum atomic E-state index is -0.478. The molecule has 0 aliphatic rings. The predicted octanol–water partition coefficient (Wildman–Crippen LogP) is 3.05. The van der Waals surface area contributed by atoms with Crippen LogP contribution in [-0.2, 0) is 0 Å². The van der Waals surface area contributed by atoms with Crippen molar-refractivity contribution in [1.82, 2.24) is 0 Å². The van der Waals surface area contributed by atoms with Gasteiger partial charge in [-0.3, -0.25) is 10.1 Å². The molecule has 2 rings (SSSR count). The Morgan fingerprint density at radius 3 is 2.81 bits per heavy atom. The number of nitriles is 1. The summed E-state index contributed by atoms with van der Waals surface area (Å²) in [4.78, 5) is 10.2. The third kappa shape index (κ3) is 3.32. The minimum absolute atomic E-state index is 0.0224. The topological polar surface area (TPSA) is 106 Å². The van der Waals surface area contributed by atoms with Crippen molar-refractivity contribution in [3.05, 3.63) is 57.8 Å². The van der Waals surface area contributed by atoms with E-state index in [1.807, 2.05) is 6.07 Å². The summed E-state index contributed by atoms with van der Waals surface area (Å²) in [5, 5.41) is 19.6. The van der Waals surface area contributed by atoms with Crippen LogP contribution < -0.4 is 5.73 Å². The first-order valence-corrected chi connectivity index (χ1v) is 6.18. The molecule has 0 fully saturated rings. The van der Waals surface area contributed by atoms with Gasteiger partial charge in [-0.15, -0.1) is 0 Å². The molecule has 0 atom stereocenters. The second-order valence-corrected chi connectivity index (χ2v) is 4.48. The summed E-state index contributed by atoms with van der Waals surface area (Å²) in [6.45, 7) is 0. The molecule has 2 N–H and O–H groups in total. The number of nitrogens with zero attached hydrogens (tertiary/aromatic N) is 2. The molecule has 6 nitrogen and oxygen atoms in total. The van der Waals surface area contributed by atoms with Gasteiger partial charge in [0.25, 0.3) is 5.69 Å². The van der Waals surface area contributed by atoms with Crippen LogP contribution in [0.5, 0.6) is 0 Å². The zero-order chi connectivity index (χ0) is 15.4. The standard InChI is InChI=1S/C14H9N3O3S/c15-8-10(14(16)21)7-12-4-5-13(20-12)9-2-1-3-11(6-9)17(18)19/h1-7H,(H2,16,21)/b10-7-. The van der Waals surface area contributed by atoms with Gasteiger partial charge in [-0.2, -0.15) is 5.26 Å². The Bertz CT molecular complexity index is 787. The lowest BCUT2D eigenvalue weighted by Crippen LogP contribution is -2.09. The molecule has 104 valence electrons. The number of benzene rings is 1. The Labute approximate surface area is 125 Å². The van der Waals surface area contributed by atoms with Gasteiger partial charge in [0.2, 0.25) is 0 Å². The molecule has 1 aromatic carbocycles. The van der Waals surface area contributed by atoms with Crippen LogP contribution in [0, 0.1) is 21.4 Å². The summed E-state index contributed by atoms with van der Waals surface area (Å²) in [6, 6.07) is 11.2. The van der Waals surface area contributed by atoms with Crippen LogP contribution in [0.15, 0.2) is 46.4 Å². The molecule has 0 saturated carbocycles. The number of nitrogens with two attached hydrogens (primary N) is 1. The van der Waals surface area contributed by atoms with Gasteiger partial charge in [0.05, 0.1) is 10.5 Å². The number of rotatable bonds is 4. The van der Waals surface area contributed by atoms with Crippen molar-refractivity contribution in [3.8, 4) is 17.4 Å². The van der Waals surface area contributed by atoms with Gasteiger partial charge in [0.1, 0.15) is 22.6 Å². The van der Waals surface area contributed by atoms with Crippen molar-refractivity contribution in [2.75, 3.05) is 0 Å². The molecule has 7 heteroatoms. The zero-order valence-corrected chi connectivity index (χ0v) is 11.5. The van der Waals surface area contributed by atoms with Crippen LogP contribution >= 0.6 is 12.2 Å². The molecule has 0 spiro atoms. The van der Waals surface area contributed by atoms with E-state index in [-0.39, 0.29) is 16.2 Å². The van der Waals surface area contributed by atoms with Crippen LogP contribution in [0.2, 0.25) is 0 Å². The van der Waals surface area contributed by atoms with Crippen molar-refractivity contribution in [2.24, 2.45) is 5.73 Å². The summed E-state index contributed by atoms with van der Waals surface area (Å²) in [6.07, 6.45) is 1.42. The van der Waals surface area contributed by atoms with Crippen LogP contribution in [0.25, 0.3) is 17.4 Å². The van der Waals surface area contributed by atoms with E-state index < -0.39 is 4.92 Å².